The van der Waals surface area contributed by atoms with Gasteiger partial charge in [0.15, 0.2) is 6.61 Å². The molecule has 26 heavy (non-hydrogen) atoms. The van der Waals surface area contributed by atoms with Crippen LogP contribution in [0.5, 0.6) is 0 Å². The number of ether oxygens (including phenoxy) is 1. The summed E-state index contributed by atoms with van der Waals surface area (Å²) in [7, 11) is 0. The van der Waals surface area contributed by atoms with Crippen molar-refractivity contribution in [1.29, 1.82) is 0 Å². The number of para-hydroxylation sites is 2. The third kappa shape index (κ3) is 2.92. The van der Waals surface area contributed by atoms with Crippen LogP contribution in [0.4, 0.5) is 5.69 Å². The minimum Gasteiger partial charge on any atom is -0.454 e. The van der Waals surface area contributed by atoms with E-state index in [0.717, 1.165) is 23.2 Å². The van der Waals surface area contributed by atoms with Gasteiger partial charge in [-0.3, -0.25) is 9.59 Å². The number of aromatic nitrogens is 3. The van der Waals surface area contributed by atoms with E-state index in [9.17, 15) is 9.59 Å². The molecular formula is C19H18N4O3. The number of benzene rings is 2. The fourth-order valence-corrected chi connectivity index (χ4v) is 3.36. The third-order valence-electron chi connectivity index (χ3n) is 4.53. The van der Waals surface area contributed by atoms with Gasteiger partial charge in [0.1, 0.15) is 12.1 Å². The number of fused-ring (bicyclic) bond motifs is 2. The van der Waals surface area contributed by atoms with Gasteiger partial charge in [-0.15, -0.1) is 5.10 Å². The first-order valence-corrected chi connectivity index (χ1v) is 8.47. The van der Waals surface area contributed by atoms with Gasteiger partial charge in [-0.05, 0) is 37.1 Å². The highest BCUT2D eigenvalue weighted by atomic mass is 16.5. The lowest BCUT2D eigenvalue weighted by atomic mass is 10.1. The number of carbonyl (C=O) groups excluding carboxylic acids is 2. The van der Waals surface area contributed by atoms with Crippen molar-refractivity contribution in [1.82, 2.24) is 15.0 Å². The van der Waals surface area contributed by atoms with Gasteiger partial charge in [0.05, 0.1) is 5.52 Å². The van der Waals surface area contributed by atoms with Crippen molar-refractivity contribution in [3.05, 3.63) is 54.1 Å². The van der Waals surface area contributed by atoms with E-state index in [4.69, 9.17) is 4.74 Å². The molecule has 0 aliphatic carbocycles. The number of hydrogen-bond acceptors (Lipinski definition) is 5. The molecule has 4 rings (SSSR count). The second kappa shape index (κ2) is 6.59. The molecule has 0 bridgehead atoms. The normalized spacial score (nSPS) is 15.9. The summed E-state index contributed by atoms with van der Waals surface area (Å²) in [5, 5.41) is 7.95. The first-order valence-electron chi connectivity index (χ1n) is 8.47. The van der Waals surface area contributed by atoms with Gasteiger partial charge >= 0.3 is 5.97 Å². The Morgan fingerprint density at radius 1 is 1.15 bits per heavy atom. The monoisotopic (exact) mass is 350 g/mol. The average Bonchev–Trinajstić information content (AvgIpc) is 3.20. The van der Waals surface area contributed by atoms with Gasteiger partial charge in [-0.2, -0.15) is 0 Å². The van der Waals surface area contributed by atoms with Crippen molar-refractivity contribution in [3.63, 3.8) is 0 Å². The van der Waals surface area contributed by atoms with Crippen LogP contribution in [0.1, 0.15) is 12.5 Å². The Morgan fingerprint density at radius 2 is 1.92 bits per heavy atom. The number of rotatable bonds is 4. The standard InChI is InChI=1S/C19H18N4O3/c1-13-10-14-6-2-4-8-16(14)23(13)18(24)12-26-19(25)11-22-17-9-5-3-7-15(17)20-21-22/h2-9,13H,10-12H2,1H3. The van der Waals surface area contributed by atoms with E-state index in [1.165, 1.54) is 4.68 Å². The van der Waals surface area contributed by atoms with Gasteiger partial charge in [-0.25, -0.2) is 4.68 Å². The summed E-state index contributed by atoms with van der Waals surface area (Å²) in [4.78, 5) is 26.4. The highest BCUT2D eigenvalue weighted by molar-refractivity contribution is 5.97. The Bertz CT molecular complexity index is 982. The molecule has 1 unspecified atom stereocenters. The number of hydrogen-bond donors (Lipinski definition) is 0. The molecule has 3 aromatic rings. The molecule has 1 atom stereocenters. The predicted octanol–water partition coefficient (Wildman–Crippen LogP) is 1.95. The maximum Gasteiger partial charge on any atom is 0.328 e. The highest BCUT2D eigenvalue weighted by Crippen LogP contribution is 2.31. The molecule has 7 heteroatoms. The molecule has 1 aliphatic heterocycles. The van der Waals surface area contributed by atoms with Crippen molar-refractivity contribution in [2.45, 2.75) is 25.9 Å². The molecular weight excluding hydrogens is 332 g/mol. The number of esters is 1. The van der Waals surface area contributed by atoms with Crippen LogP contribution in [0.25, 0.3) is 11.0 Å². The van der Waals surface area contributed by atoms with E-state index >= 15 is 0 Å². The smallest absolute Gasteiger partial charge is 0.328 e. The van der Waals surface area contributed by atoms with Gasteiger partial charge < -0.3 is 9.64 Å². The summed E-state index contributed by atoms with van der Waals surface area (Å²) in [6.45, 7) is 1.62. The van der Waals surface area contributed by atoms with Crippen LogP contribution in [0.3, 0.4) is 0 Å². The van der Waals surface area contributed by atoms with E-state index in [-0.39, 0.29) is 25.1 Å². The second-order valence-corrected chi connectivity index (χ2v) is 6.34. The van der Waals surface area contributed by atoms with Crippen LogP contribution >= 0.6 is 0 Å². The molecule has 0 radical (unpaired) electrons. The Balaban J connectivity index is 1.39. The number of amides is 1. The van der Waals surface area contributed by atoms with Gasteiger partial charge in [0.2, 0.25) is 0 Å². The van der Waals surface area contributed by atoms with Crippen molar-refractivity contribution in [3.8, 4) is 0 Å². The molecule has 132 valence electrons. The van der Waals surface area contributed by atoms with E-state index in [1.807, 2.05) is 55.5 Å². The molecule has 0 saturated carbocycles. The lowest BCUT2D eigenvalue weighted by Gasteiger charge is -2.22. The van der Waals surface area contributed by atoms with Crippen LogP contribution in [0.15, 0.2) is 48.5 Å². The Hall–Kier alpha value is -3.22. The minimum atomic E-state index is -0.519. The van der Waals surface area contributed by atoms with Crippen molar-refractivity contribution < 1.29 is 14.3 Å². The van der Waals surface area contributed by atoms with Crippen LogP contribution in [0, 0.1) is 0 Å². The largest absolute Gasteiger partial charge is 0.454 e. The quantitative estimate of drug-likeness (QED) is 0.672. The van der Waals surface area contributed by atoms with Crippen molar-refractivity contribution >= 4 is 28.6 Å². The van der Waals surface area contributed by atoms with Crippen molar-refractivity contribution in [2.24, 2.45) is 0 Å². The summed E-state index contributed by atoms with van der Waals surface area (Å²) in [5.74, 6) is -0.742. The number of anilines is 1. The fourth-order valence-electron chi connectivity index (χ4n) is 3.36. The van der Waals surface area contributed by atoms with Crippen LogP contribution < -0.4 is 4.90 Å². The van der Waals surface area contributed by atoms with Crippen molar-refractivity contribution in [2.75, 3.05) is 11.5 Å². The highest BCUT2D eigenvalue weighted by Gasteiger charge is 2.30. The Labute approximate surface area is 150 Å². The first-order chi connectivity index (χ1) is 12.6. The lowest BCUT2D eigenvalue weighted by molar-refractivity contribution is -0.148. The minimum absolute atomic E-state index is 0.0536. The fraction of sp³-hybridized carbons (Fsp3) is 0.263. The third-order valence-corrected chi connectivity index (χ3v) is 4.53. The molecule has 1 aromatic heterocycles. The molecule has 7 nitrogen and oxygen atoms in total. The maximum atomic E-state index is 12.6. The van der Waals surface area contributed by atoms with Crippen LogP contribution in [-0.2, 0) is 27.3 Å². The molecule has 0 fully saturated rings. The summed E-state index contributed by atoms with van der Waals surface area (Å²) in [5.41, 5.74) is 3.48. The zero-order chi connectivity index (χ0) is 18.1. The van der Waals surface area contributed by atoms with E-state index in [2.05, 4.69) is 10.3 Å². The molecule has 0 N–H and O–H groups in total. The summed E-state index contributed by atoms with van der Waals surface area (Å²) in [6.07, 6.45) is 0.806. The molecule has 2 heterocycles. The molecule has 1 amide bonds. The van der Waals surface area contributed by atoms with E-state index in [0.29, 0.717) is 5.52 Å². The predicted molar refractivity (Wildman–Crippen MR) is 95.6 cm³/mol. The van der Waals surface area contributed by atoms with Crippen LogP contribution in [0.2, 0.25) is 0 Å². The SMILES string of the molecule is CC1Cc2ccccc2N1C(=O)COC(=O)Cn1nnc2ccccc21. The van der Waals surface area contributed by atoms with E-state index < -0.39 is 5.97 Å². The zero-order valence-electron chi connectivity index (χ0n) is 14.3. The lowest BCUT2D eigenvalue weighted by Crippen LogP contribution is -2.39. The molecule has 2 aromatic carbocycles. The molecule has 0 spiro atoms. The zero-order valence-corrected chi connectivity index (χ0v) is 14.3. The summed E-state index contributed by atoms with van der Waals surface area (Å²) in [6, 6.07) is 15.2. The van der Waals surface area contributed by atoms with Gasteiger partial charge in [0, 0.05) is 11.7 Å². The topological polar surface area (TPSA) is 77.3 Å². The second-order valence-electron chi connectivity index (χ2n) is 6.34. The average molecular weight is 350 g/mol. The van der Waals surface area contributed by atoms with Gasteiger partial charge in [-0.1, -0.05) is 35.5 Å². The summed E-state index contributed by atoms with van der Waals surface area (Å²) >= 11 is 0. The number of nitrogens with zero attached hydrogens (tertiary/aromatic N) is 4. The molecule has 1 aliphatic rings. The van der Waals surface area contributed by atoms with E-state index in [1.54, 1.807) is 4.90 Å². The number of carbonyl (C=O) groups is 2. The van der Waals surface area contributed by atoms with Gasteiger partial charge in [0.25, 0.3) is 5.91 Å². The first kappa shape index (κ1) is 16.3. The maximum absolute atomic E-state index is 12.6. The Kier molecular flexibility index (Phi) is 4.12. The Morgan fingerprint density at radius 3 is 2.81 bits per heavy atom. The van der Waals surface area contributed by atoms with Crippen LogP contribution in [-0.4, -0.2) is 39.5 Å². The molecule has 0 saturated heterocycles. The summed E-state index contributed by atoms with van der Waals surface area (Å²) < 4.78 is 6.65.